The Morgan fingerprint density at radius 3 is 0.672 bits per heavy atom. The third-order valence-corrected chi connectivity index (χ3v) is 13.1. The van der Waals surface area contributed by atoms with Gasteiger partial charge >= 0.3 is 17.9 Å². The molecule has 0 aromatic heterocycles. The molecule has 6 heteroatoms. The molecule has 0 saturated carbocycles. The van der Waals surface area contributed by atoms with Crippen LogP contribution in [0.25, 0.3) is 0 Å². The quantitative estimate of drug-likeness (QED) is 0.0344. The number of hydrogen-bond acceptors (Lipinski definition) is 6. The topological polar surface area (TPSA) is 78.9 Å². The highest BCUT2D eigenvalue weighted by Crippen LogP contribution is 2.18. The Labute approximate surface area is 399 Å². The van der Waals surface area contributed by atoms with E-state index < -0.39 is 6.10 Å². The Morgan fingerprint density at radius 1 is 0.266 bits per heavy atom. The van der Waals surface area contributed by atoms with Crippen molar-refractivity contribution in [2.24, 2.45) is 17.8 Å². The Morgan fingerprint density at radius 2 is 0.453 bits per heavy atom. The first-order valence-electron chi connectivity index (χ1n) is 28.6. The standard InChI is InChI=1S/C58H112O6/c1-52(2)44-38-32-26-20-14-10-8-7-9-11-16-23-29-35-41-47-56(59)62-50-55(64-58(61)49-43-37-31-25-19-18-22-28-34-40-46-54(5)6)51-63-57(60)48-42-36-30-24-17-13-12-15-21-27-33-39-45-53(3)4/h52-55H,7-51H2,1-6H3/t55-/m1/s1. The lowest BCUT2D eigenvalue weighted by atomic mass is 10.0. The summed E-state index contributed by atoms with van der Waals surface area (Å²) in [6.07, 6.45) is 50.9. The molecule has 0 aromatic carbocycles. The van der Waals surface area contributed by atoms with Gasteiger partial charge in [-0.3, -0.25) is 14.4 Å². The van der Waals surface area contributed by atoms with E-state index in [0.717, 1.165) is 75.5 Å². The lowest BCUT2D eigenvalue weighted by molar-refractivity contribution is -0.167. The molecule has 380 valence electrons. The fraction of sp³-hybridized carbons (Fsp3) is 0.948. The molecule has 0 radical (unpaired) electrons. The van der Waals surface area contributed by atoms with Crippen LogP contribution in [0, 0.1) is 17.8 Å². The minimum atomic E-state index is -0.763. The average Bonchev–Trinajstić information content (AvgIpc) is 3.25. The maximum atomic E-state index is 12.8. The fourth-order valence-electron chi connectivity index (χ4n) is 8.82. The predicted octanol–water partition coefficient (Wildman–Crippen LogP) is 18.7. The van der Waals surface area contributed by atoms with Gasteiger partial charge in [-0.1, -0.05) is 279 Å². The van der Waals surface area contributed by atoms with E-state index in [4.69, 9.17) is 14.2 Å². The summed E-state index contributed by atoms with van der Waals surface area (Å²) in [5.41, 5.74) is 0. The van der Waals surface area contributed by atoms with Gasteiger partial charge in [-0.25, -0.2) is 0 Å². The summed E-state index contributed by atoms with van der Waals surface area (Å²) in [7, 11) is 0. The van der Waals surface area contributed by atoms with Crippen LogP contribution in [0.4, 0.5) is 0 Å². The molecule has 0 unspecified atom stereocenters. The largest absolute Gasteiger partial charge is 0.462 e. The average molecular weight is 906 g/mol. The van der Waals surface area contributed by atoms with Crippen molar-refractivity contribution in [3.05, 3.63) is 0 Å². The number of esters is 3. The highest BCUT2D eigenvalue weighted by Gasteiger charge is 2.19. The number of hydrogen-bond donors (Lipinski definition) is 0. The molecular formula is C58H112O6. The summed E-state index contributed by atoms with van der Waals surface area (Å²) in [4.78, 5) is 38.1. The summed E-state index contributed by atoms with van der Waals surface area (Å²) in [5, 5.41) is 0. The first kappa shape index (κ1) is 62.4. The van der Waals surface area contributed by atoms with Crippen LogP contribution in [0.5, 0.6) is 0 Å². The van der Waals surface area contributed by atoms with Crippen LogP contribution in [0.1, 0.15) is 318 Å². The van der Waals surface area contributed by atoms with Crippen LogP contribution < -0.4 is 0 Å². The van der Waals surface area contributed by atoms with Crippen molar-refractivity contribution < 1.29 is 28.6 Å². The molecule has 0 saturated heterocycles. The molecule has 0 N–H and O–H groups in total. The van der Waals surface area contributed by atoms with Crippen molar-refractivity contribution in [3.8, 4) is 0 Å². The van der Waals surface area contributed by atoms with Crippen molar-refractivity contribution in [1.82, 2.24) is 0 Å². The SMILES string of the molecule is CC(C)CCCCCCCCCCCCCCCCCC(=O)OC[C@H](COC(=O)CCCCCCCCCCCCCCC(C)C)OC(=O)CCCCCCCCCCCCC(C)C. The number of ether oxygens (including phenoxy) is 3. The second-order valence-electron chi connectivity index (χ2n) is 21.4. The summed E-state index contributed by atoms with van der Waals surface area (Å²) in [6.45, 7) is 13.8. The molecule has 0 fully saturated rings. The number of unbranched alkanes of at least 4 members (excludes halogenated alkanes) is 34. The Balaban J connectivity index is 4.28. The molecule has 64 heavy (non-hydrogen) atoms. The minimum Gasteiger partial charge on any atom is -0.462 e. The van der Waals surface area contributed by atoms with Gasteiger partial charge in [0.2, 0.25) is 0 Å². The van der Waals surface area contributed by atoms with Gasteiger partial charge < -0.3 is 14.2 Å². The van der Waals surface area contributed by atoms with E-state index >= 15 is 0 Å². The van der Waals surface area contributed by atoms with Gasteiger partial charge in [0.25, 0.3) is 0 Å². The molecule has 0 bridgehead atoms. The van der Waals surface area contributed by atoms with Crippen LogP contribution in [0.15, 0.2) is 0 Å². The zero-order valence-electron chi connectivity index (χ0n) is 44.1. The summed E-state index contributed by atoms with van der Waals surface area (Å²) in [6, 6.07) is 0. The van der Waals surface area contributed by atoms with E-state index in [0.29, 0.717) is 19.3 Å². The normalized spacial score (nSPS) is 12.1. The third kappa shape index (κ3) is 51.4. The van der Waals surface area contributed by atoms with E-state index in [1.165, 1.54) is 199 Å². The minimum absolute atomic E-state index is 0.0637. The predicted molar refractivity (Wildman–Crippen MR) is 275 cm³/mol. The highest BCUT2D eigenvalue weighted by atomic mass is 16.6. The second-order valence-corrected chi connectivity index (χ2v) is 21.4. The zero-order valence-corrected chi connectivity index (χ0v) is 44.1. The molecule has 6 nitrogen and oxygen atoms in total. The Bertz CT molecular complexity index is 991. The molecule has 0 rings (SSSR count). The maximum absolute atomic E-state index is 12.8. The molecule has 0 aliphatic carbocycles. The van der Waals surface area contributed by atoms with E-state index in [2.05, 4.69) is 41.5 Å². The van der Waals surface area contributed by atoms with Gasteiger partial charge in [0.15, 0.2) is 6.10 Å². The van der Waals surface area contributed by atoms with Gasteiger partial charge in [0.05, 0.1) is 0 Å². The van der Waals surface area contributed by atoms with Crippen molar-refractivity contribution in [2.45, 2.75) is 324 Å². The highest BCUT2D eigenvalue weighted by molar-refractivity contribution is 5.71. The molecule has 0 aliphatic heterocycles. The van der Waals surface area contributed by atoms with Crippen molar-refractivity contribution in [2.75, 3.05) is 13.2 Å². The van der Waals surface area contributed by atoms with Gasteiger partial charge in [-0.05, 0) is 37.0 Å². The van der Waals surface area contributed by atoms with E-state index in [1.807, 2.05) is 0 Å². The number of carbonyl (C=O) groups is 3. The molecule has 0 aromatic rings. The molecule has 1 atom stereocenters. The molecule has 0 amide bonds. The lowest BCUT2D eigenvalue weighted by Crippen LogP contribution is -2.30. The van der Waals surface area contributed by atoms with Gasteiger partial charge in [-0.15, -0.1) is 0 Å². The molecular weight excluding hydrogens is 793 g/mol. The number of rotatable bonds is 51. The molecule has 0 spiro atoms. The van der Waals surface area contributed by atoms with Crippen LogP contribution in [-0.4, -0.2) is 37.2 Å². The van der Waals surface area contributed by atoms with Crippen molar-refractivity contribution >= 4 is 17.9 Å². The van der Waals surface area contributed by atoms with Crippen LogP contribution in [0.3, 0.4) is 0 Å². The maximum Gasteiger partial charge on any atom is 0.306 e. The van der Waals surface area contributed by atoms with E-state index in [1.54, 1.807) is 0 Å². The monoisotopic (exact) mass is 905 g/mol. The summed E-state index contributed by atoms with van der Waals surface area (Å²) in [5.74, 6) is 1.65. The first-order valence-corrected chi connectivity index (χ1v) is 28.6. The first-order chi connectivity index (χ1) is 31.1. The van der Waals surface area contributed by atoms with Crippen LogP contribution in [0.2, 0.25) is 0 Å². The Kier molecular flexibility index (Phi) is 48.1. The molecule has 0 aliphatic rings. The lowest BCUT2D eigenvalue weighted by Gasteiger charge is -2.18. The van der Waals surface area contributed by atoms with E-state index in [9.17, 15) is 14.4 Å². The fourth-order valence-corrected chi connectivity index (χ4v) is 8.82. The second kappa shape index (κ2) is 49.3. The number of carbonyl (C=O) groups excluding carboxylic acids is 3. The van der Waals surface area contributed by atoms with E-state index in [-0.39, 0.29) is 31.1 Å². The van der Waals surface area contributed by atoms with Crippen LogP contribution >= 0.6 is 0 Å². The summed E-state index contributed by atoms with van der Waals surface area (Å²) < 4.78 is 16.9. The van der Waals surface area contributed by atoms with Gasteiger partial charge in [0.1, 0.15) is 13.2 Å². The zero-order chi connectivity index (χ0) is 47.0. The van der Waals surface area contributed by atoms with Crippen molar-refractivity contribution in [3.63, 3.8) is 0 Å². The van der Waals surface area contributed by atoms with Crippen LogP contribution in [-0.2, 0) is 28.6 Å². The Hall–Kier alpha value is -1.59. The molecule has 0 heterocycles. The van der Waals surface area contributed by atoms with Crippen molar-refractivity contribution in [1.29, 1.82) is 0 Å². The third-order valence-electron chi connectivity index (χ3n) is 13.1. The van der Waals surface area contributed by atoms with Gasteiger partial charge in [0, 0.05) is 19.3 Å². The van der Waals surface area contributed by atoms with Gasteiger partial charge in [-0.2, -0.15) is 0 Å². The smallest absolute Gasteiger partial charge is 0.306 e. The summed E-state index contributed by atoms with van der Waals surface area (Å²) >= 11 is 0.